The van der Waals surface area contributed by atoms with Gasteiger partial charge in [0.25, 0.3) is 0 Å². The van der Waals surface area contributed by atoms with Crippen LogP contribution < -0.4 is 0 Å². The molecular weight excluding hydrogens is 528 g/mol. The van der Waals surface area contributed by atoms with Crippen LogP contribution in [0.1, 0.15) is 85.5 Å². The Kier molecular flexibility index (Phi) is 7.62. The van der Waals surface area contributed by atoms with E-state index in [-0.39, 0.29) is 60.4 Å². The summed E-state index contributed by atoms with van der Waals surface area (Å²) in [6.07, 6.45) is 7.14. The van der Waals surface area contributed by atoms with Gasteiger partial charge in [0, 0.05) is 44.3 Å². The monoisotopic (exact) mass is 576 g/mol. The largest absolute Gasteiger partial charge is 0.462 e. The molecule has 13 atom stereocenters. The highest BCUT2D eigenvalue weighted by Crippen LogP contribution is 2.70. The second-order valence-corrected chi connectivity index (χ2v) is 14.3. The second-order valence-electron chi connectivity index (χ2n) is 14.3. The molecule has 0 aromatic rings. The van der Waals surface area contributed by atoms with Gasteiger partial charge in [0.1, 0.15) is 18.8 Å². The van der Waals surface area contributed by atoms with E-state index in [1.54, 1.807) is 13.2 Å². The van der Waals surface area contributed by atoms with Crippen LogP contribution >= 0.6 is 0 Å². The number of carbonyl (C=O) groups is 2. The van der Waals surface area contributed by atoms with E-state index in [0.717, 1.165) is 50.5 Å². The van der Waals surface area contributed by atoms with Gasteiger partial charge < -0.3 is 33.9 Å². The van der Waals surface area contributed by atoms with Crippen LogP contribution in [-0.2, 0) is 33.3 Å². The maximum atomic E-state index is 12.7. The van der Waals surface area contributed by atoms with Crippen molar-refractivity contribution in [2.45, 2.75) is 128 Å². The Hall–Kier alpha value is -1.52. The zero-order chi connectivity index (χ0) is 29.3. The van der Waals surface area contributed by atoms with E-state index in [2.05, 4.69) is 13.8 Å². The van der Waals surface area contributed by atoms with Crippen LogP contribution in [0.25, 0.3) is 0 Å². The van der Waals surface area contributed by atoms with Crippen molar-refractivity contribution in [3.05, 3.63) is 11.6 Å². The number of carbonyl (C=O) groups excluding carboxylic acids is 2. The van der Waals surface area contributed by atoms with Crippen molar-refractivity contribution in [2.75, 3.05) is 13.7 Å². The summed E-state index contributed by atoms with van der Waals surface area (Å²) in [5, 5.41) is 23.0. The lowest BCUT2D eigenvalue weighted by atomic mass is 9.43. The highest BCUT2D eigenvalue weighted by Gasteiger charge is 2.71. The Morgan fingerprint density at radius 1 is 1.07 bits per heavy atom. The molecule has 0 bridgehead atoms. The minimum atomic E-state index is -0.990. The number of aliphatic hydroxyl groups is 2. The Morgan fingerprint density at radius 2 is 1.85 bits per heavy atom. The first-order valence-electron chi connectivity index (χ1n) is 15.7. The van der Waals surface area contributed by atoms with Crippen LogP contribution in [0.5, 0.6) is 0 Å². The molecule has 0 spiro atoms. The molecule has 2 N–H and O–H groups in total. The lowest BCUT2D eigenvalue weighted by Gasteiger charge is -2.63. The summed E-state index contributed by atoms with van der Waals surface area (Å²) >= 11 is 0. The molecule has 230 valence electrons. The van der Waals surface area contributed by atoms with Crippen LogP contribution in [-0.4, -0.2) is 78.3 Å². The lowest BCUT2D eigenvalue weighted by molar-refractivity contribution is -0.273. The Bertz CT molecular complexity index is 1080. The zero-order valence-electron chi connectivity index (χ0n) is 25.2. The number of methoxy groups -OCH3 is 1. The number of fused-ring (bicyclic) bond motifs is 5. The molecular formula is C32H48O9. The normalized spacial score (nSPS) is 51.2. The summed E-state index contributed by atoms with van der Waals surface area (Å²) in [6.45, 7) is 8.06. The van der Waals surface area contributed by atoms with Gasteiger partial charge in [-0.15, -0.1) is 0 Å². The summed E-state index contributed by atoms with van der Waals surface area (Å²) in [4.78, 5) is 24.2. The third-order valence-corrected chi connectivity index (χ3v) is 12.5. The molecule has 2 heterocycles. The Balaban J connectivity index is 1.19. The number of cyclic esters (lactones) is 1. The number of hydrogen-bond donors (Lipinski definition) is 2. The molecule has 4 aliphatic carbocycles. The van der Waals surface area contributed by atoms with Gasteiger partial charge in [-0.2, -0.15) is 0 Å². The average Bonchev–Trinajstić information content (AvgIpc) is 3.42. The third kappa shape index (κ3) is 4.69. The van der Waals surface area contributed by atoms with Crippen LogP contribution in [0, 0.1) is 34.5 Å². The number of rotatable bonds is 5. The number of ether oxygens (including phenoxy) is 5. The minimum absolute atomic E-state index is 0.0898. The van der Waals surface area contributed by atoms with E-state index in [4.69, 9.17) is 23.7 Å². The van der Waals surface area contributed by atoms with Crippen LogP contribution in [0.15, 0.2) is 11.6 Å². The molecule has 0 radical (unpaired) electrons. The van der Waals surface area contributed by atoms with Gasteiger partial charge in [-0.1, -0.05) is 13.8 Å². The molecule has 41 heavy (non-hydrogen) atoms. The van der Waals surface area contributed by atoms with Crippen molar-refractivity contribution < 1.29 is 43.5 Å². The van der Waals surface area contributed by atoms with E-state index in [9.17, 15) is 19.8 Å². The molecule has 0 amide bonds. The number of hydrogen-bond acceptors (Lipinski definition) is 9. The SMILES string of the molecule is CO[C@H]1C[C@H](O[C@H]2CC[C@@]3(C)C(CC[C@@H]4[C@@H]3CC[C@]3(C)[C@@H](C5=CC(=O)OC5)[C@@H](OC(C)=O)C[C@]43O)C2)O[C@@H](C)[C@@H]1O. The van der Waals surface area contributed by atoms with Gasteiger partial charge in [-0.05, 0) is 80.6 Å². The molecule has 4 saturated carbocycles. The van der Waals surface area contributed by atoms with Crippen LogP contribution in [0.3, 0.4) is 0 Å². The fourth-order valence-electron chi connectivity index (χ4n) is 10.4. The van der Waals surface area contributed by atoms with Crippen molar-refractivity contribution in [3.63, 3.8) is 0 Å². The van der Waals surface area contributed by atoms with Gasteiger partial charge in [0.2, 0.25) is 0 Å². The van der Waals surface area contributed by atoms with Crippen LogP contribution in [0.2, 0.25) is 0 Å². The Labute approximate surface area is 243 Å². The van der Waals surface area contributed by atoms with E-state index in [0.29, 0.717) is 24.7 Å². The van der Waals surface area contributed by atoms with Crippen LogP contribution in [0.4, 0.5) is 0 Å². The van der Waals surface area contributed by atoms with Gasteiger partial charge in [-0.3, -0.25) is 4.79 Å². The van der Waals surface area contributed by atoms with E-state index in [1.807, 2.05) is 6.92 Å². The van der Waals surface area contributed by atoms with Gasteiger partial charge in [0.05, 0.1) is 23.9 Å². The predicted molar refractivity (Wildman–Crippen MR) is 147 cm³/mol. The molecule has 6 rings (SSSR count). The van der Waals surface area contributed by atoms with Crippen molar-refractivity contribution in [2.24, 2.45) is 34.5 Å². The molecule has 6 aliphatic rings. The zero-order valence-corrected chi connectivity index (χ0v) is 25.2. The molecule has 9 heteroatoms. The second kappa shape index (κ2) is 10.6. The highest BCUT2D eigenvalue weighted by atomic mass is 16.7. The third-order valence-electron chi connectivity index (χ3n) is 12.5. The minimum Gasteiger partial charge on any atom is -0.462 e. The van der Waals surface area contributed by atoms with Crippen molar-refractivity contribution in [1.29, 1.82) is 0 Å². The van der Waals surface area contributed by atoms with E-state index in [1.165, 1.54) is 6.92 Å². The summed E-state index contributed by atoms with van der Waals surface area (Å²) in [5.74, 6) is 0.0175. The summed E-state index contributed by atoms with van der Waals surface area (Å²) in [7, 11) is 1.62. The van der Waals surface area contributed by atoms with Crippen molar-refractivity contribution >= 4 is 11.9 Å². The van der Waals surface area contributed by atoms with Crippen molar-refractivity contribution in [1.82, 2.24) is 0 Å². The molecule has 1 saturated heterocycles. The average molecular weight is 577 g/mol. The highest BCUT2D eigenvalue weighted by molar-refractivity contribution is 5.85. The van der Waals surface area contributed by atoms with Gasteiger partial charge in [-0.25, -0.2) is 4.79 Å². The maximum Gasteiger partial charge on any atom is 0.331 e. The fraction of sp³-hybridized carbons (Fsp3) is 0.875. The van der Waals surface area contributed by atoms with E-state index < -0.39 is 23.2 Å². The number of esters is 2. The summed E-state index contributed by atoms with van der Waals surface area (Å²) in [6, 6.07) is 0. The molecule has 2 aliphatic heterocycles. The summed E-state index contributed by atoms with van der Waals surface area (Å²) in [5.41, 5.74) is -0.559. The number of aliphatic hydroxyl groups excluding tert-OH is 1. The van der Waals surface area contributed by atoms with E-state index >= 15 is 0 Å². The molecule has 1 unspecified atom stereocenters. The van der Waals surface area contributed by atoms with Crippen molar-refractivity contribution in [3.8, 4) is 0 Å². The van der Waals surface area contributed by atoms with Gasteiger partial charge >= 0.3 is 11.9 Å². The Morgan fingerprint density at radius 3 is 2.54 bits per heavy atom. The fourth-order valence-corrected chi connectivity index (χ4v) is 10.4. The predicted octanol–water partition coefficient (Wildman–Crippen LogP) is 3.68. The molecule has 0 aromatic heterocycles. The molecule has 0 aromatic carbocycles. The smallest absolute Gasteiger partial charge is 0.331 e. The molecule has 9 nitrogen and oxygen atoms in total. The maximum absolute atomic E-state index is 12.7. The quantitative estimate of drug-likeness (QED) is 0.373. The van der Waals surface area contributed by atoms with Gasteiger partial charge in [0.15, 0.2) is 6.29 Å². The summed E-state index contributed by atoms with van der Waals surface area (Å²) < 4.78 is 29.1. The standard InChI is InChI=1S/C32H48O9/c1-17-29(35)24(37-5)14-27(39-17)41-21-8-10-30(3)20(13-21)6-7-23-22(30)9-11-31(4)28(19-12-26(34)38-16-19)25(40-18(2)33)15-32(23,31)36/h12,17,20-25,27-29,35-36H,6-11,13-16H2,1-5H3/t17-,20?,21-,22-,23+,24-,25-,27-,28-,29-,30-,31+,32-/m0/s1. The molecule has 5 fully saturated rings. The first kappa shape index (κ1) is 29.5. The first-order chi connectivity index (χ1) is 19.4. The lowest BCUT2D eigenvalue weighted by Crippen LogP contribution is -2.62. The topological polar surface area (TPSA) is 121 Å². The first-order valence-corrected chi connectivity index (χ1v) is 15.7.